The van der Waals surface area contributed by atoms with E-state index in [1.807, 2.05) is 6.92 Å². The van der Waals surface area contributed by atoms with Crippen LogP contribution in [0.15, 0.2) is 0 Å². The second-order valence-electron chi connectivity index (χ2n) is 3.01. The van der Waals surface area contributed by atoms with Crippen LogP contribution in [0.4, 0.5) is 0 Å². The van der Waals surface area contributed by atoms with Crippen molar-refractivity contribution in [1.29, 1.82) is 0 Å². The zero-order valence-electron chi connectivity index (χ0n) is 9.02. The lowest BCUT2D eigenvalue weighted by atomic mass is 10.3. The number of amides is 2. The Morgan fingerprint density at radius 1 is 1.36 bits per heavy atom. The molecule has 0 aromatic rings. The molecule has 0 fully saturated rings. The van der Waals surface area contributed by atoms with Crippen LogP contribution >= 0.6 is 0 Å². The predicted octanol–water partition coefficient (Wildman–Crippen LogP) is -0.763. The molecule has 0 radical (unpaired) electrons. The predicted molar refractivity (Wildman–Crippen MR) is 54.8 cm³/mol. The topological polar surface area (TPSA) is 70.2 Å². The third-order valence-corrected chi connectivity index (χ3v) is 1.80. The Bertz CT molecular complexity index is 194. The van der Waals surface area contributed by atoms with Gasteiger partial charge in [-0.15, -0.1) is 0 Å². The maximum atomic E-state index is 11.2. The molecule has 0 aromatic carbocycles. The molecule has 82 valence electrons. The SMILES string of the molecule is CCNCCC(=O)NC(C)C(=O)NC. The number of carbonyl (C=O) groups is 2. The lowest BCUT2D eigenvalue weighted by Gasteiger charge is -2.12. The molecule has 0 saturated heterocycles. The zero-order chi connectivity index (χ0) is 11.0. The molecular formula is C9H19N3O2. The first kappa shape index (κ1) is 12.9. The first-order valence-electron chi connectivity index (χ1n) is 4.83. The van der Waals surface area contributed by atoms with Gasteiger partial charge in [0.1, 0.15) is 6.04 Å². The standard InChI is InChI=1S/C9H19N3O2/c1-4-11-6-5-8(13)12-7(2)9(14)10-3/h7,11H,4-6H2,1-3H3,(H,10,14)(H,12,13). The summed E-state index contributed by atoms with van der Waals surface area (Å²) in [6.45, 7) is 5.12. The first-order valence-corrected chi connectivity index (χ1v) is 4.83. The Morgan fingerprint density at radius 3 is 2.50 bits per heavy atom. The molecule has 0 saturated carbocycles. The van der Waals surface area contributed by atoms with Crippen molar-refractivity contribution in [2.75, 3.05) is 20.1 Å². The smallest absolute Gasteiger partial charge is 0.242 e. The van der Waals surface area contributed by atoms with Crippen LogP contribution in [0.2, 0.25) is 0 Å². The number of hydrogen-bond acceptors (Lipinski definition) is 3. The molecule has 3 N–H and O–H groups in total. The number of carbonyl (C=O) groups excluding carboxylic acids is 2. The van der Waals surface area contributed by atoms with Crippen molar-refractivity contribution in [1.82, 2.24) is 16.0 Å². The number of hydrogen-bond donors (Lipinski definition) is 3. The molecule has 0 rings (SSSR count). The molecule has 1 unspecified atom stereocenters. The molecule has 0 heterocycles. The van der Waals surface area contributed by atoms with Crippen LogP contribution in [0.1, 0.15) is 20.3 Å². The second kappa shape index (κ2) is 7.32. The molecule has 0 aliphatic heterocycles. The van der Waals surface area contributed by atoms with E-state index in [0.717, 1.165) is 6.54 Å². The van der Waals surface area contributed by atoms with Gasteiger partial charge in [0.05, 0.1) is 0 Å². The third-order valence-electron chi connectivity index (χ3n) is 1.80. The van der Waals surface area contributed by atoms with Gasteiger partial charge in [-0.1, -0.05) is 6.92 Å². The molecule has 5 heteroatoms. The Morgan fingerprint density at radius 2 is 2.00 bits per heavy atom. The van der Waals surface area contributed by atoms with E-state index in [-0.39, 0.29) is 11.8 Å². The fourth-order valence-electron chi connectivity index (χ4n) is 0.974. The van der Waals surface area contributed by atoms with Crippen LogP contribution in [0.3, 0.4) is 0 Å². The minimum atomic E-state index is -0.464. The summed E-state index contributed by atoms with van der Waals surface area (Å²) in [4.78, 5) is 22.3. The van der Waals surface area contributed by atoms with Crippen LogP contribution in [0.5, 0.6) is 0 Å². The highest BCUT2D eigenvalue weighted by Crippen LogP contribution is 1.84. The van der Waals surface area contributed by atoms with E-state index in [4.69, 9.17) is 0 Å². The van der Waals surface area contributed by atoms with Crippen LogP contribution in [-0.4, -0.2) is 38.0 Å². The van der Waals surface area contributed by atoms with E-state index in [9.17, 15) is 9.59 Å². The molecule has 0 spiro atoms. The summed E-state index contributed by atoms with van der Waals surface area (Å²) in [5.74, 6) is -0.288. The van der Waals surface area contributed by atoms with E-state index in [1.165, 1.54) is 0 Å². The number of likely N-dealkylation sites (N-methyl/N-ethyl adjacent to an activating group) is 1. The fourth-order valence-corrected chi connectivity index (χ4v) is 0.974. The summed E-state index contributed by atoms with van der Waals surface area (Å²) in [6, 6.07) is -0.464. The average molecular weight is 201 g/mol. The van der Waals surface area contributed by atoms with Gasteiger partial charge in [-0.25, -0.2) is 0 Å². The van der Waals surface area contributed by atoms with Crippen molar-refractivity contribution >= 4 is 11.8 Å². The van der Waals surface area contributed by atoms with Gasteiger partial charge in [0.25, 0.3) is 0 Å². The summed E-state index contributed by atoms with van der Waals surface area (Å²) in [5, 5.41) is 8.10. The highest BCUT2D eigenvalue weighted by Gasteiger charge is 2.12. The highest BCUT2D eigenvalue weighted by atomic mass is 16.2. The van der Waals surface area contributed by atoms with Gasteiger partial charge in [-0.2, -0.15) is 0 Å². The van der Waals surface area contributed by atoms with Crippen molar-refractivity contribution in [3.8, 4) is 0 Å². The molecule has 0 aliphatic rings. The average Bonchev–Trinajstić information content (AvgIpc) is 2.16. The second-order valence-corrected chi connectivity index (χ2v) is 3.01. The molecular weight excluding hydrogens is 182 g/mol. The van der Waals surface area contributed by atoms with Gasteiger partial charge in [0, 0.05) is 20.0 Å². The maximum absolute atomic E-state index is 11.2. The fraction of sp³-hybridized carbons (Fsp3) is 0.778. The van der Waals surface area contributed by atoms with E-state index in [2.05, 4.69) is 16.0 Å². The van der Waals surface area contributed by atoms with Gasteiger partial charge >= 0.3 is 0 Å². The number of nitrogens with one attached hydrogen (secondary N) is 3. The molecule has 5 nitrogen and oxygen atoms in total. The van der Waals surface area contributed by atoms with Crippen LogP contribution < -0.4 is 16.0 Å². The summed E-state index contributed by atoms with van der Waals surface area (Å²) in [6.07, 6.45) is 0.398. The molecule has 1 atom stereocenters. The van der Waals surface area contributed by atoms with E-state index >= 15 is 0 Å². The van der Waals surface area contributed by atoms with Gasteiger partial charge in [0.15, 0.2) is 0 Å². The van der Waals surface area contributed by atoms with Crippen molar-refractivity contribution in [3.63, 3.8) is 0 Å². The monoisotopic (exact) mass is 201 g/mol. The number of rotatable bonds is 6. The maximum Gasteiger partial charge on any atom is 0.242 e. The Kier molecular flexibility index (Phi) is 6.74. The zero-order valence-corrected chi connectivity index (χ0v) is 9.02. The van der Waals surface area contributed by atoms with Gasteiger partial charge < -0.3 is 16.0 Å². The molecule has 0 bridgehead atoms. The minimum absolute atomic E-state index is 0.109. The van der Waals surface area contributed by atoms with Gasteiger partial charge in [0.2, 0.25) is 11.8 Å². The minimum Gasteiger partial charge on any atom is -0.357 e. The summed E-state index contributed by atoms with van der Waals surface area (Å²) in [5.41, 5.74) is 0. The van der Waals surface area contributed by atoms with Crippen molar-refractivity contribution in [2.24, 2.45) is 0 Å². The molecule has 14 heavy (non-hydrogen) atoms. The van der Waals surface area contributed by atoms with E-state index < -0.39 is 6.04 Å². The van der Waals surface area contributed by atoms with Crippen LogP contribution in [-0.2, 0) is 9.59 Å². The lowest BCUT2D eigenvalue weighted by molar-refractivity contribution is -0.128. The van der Waals surface area contributed by atoms with Crippen LogP contribution in [0, 0.1) is 0 Å². The van der Waals surface area contributed by atoms with Crippen molar-refractivity contribution in [2.45, 2.75) is 26.3 Å². The van der Waals surface area contributed by atoms with E-state index in [1.54, 1.807) is 14.0 Å². The quantitative estimate of drug-likeness (QED) is 0.495. The Labute approximate surface area is 84.6 Å². The van der Waals surface area contributed by atoms with Gasteiger partial charge in [-0.05, 0) is 13.5 Å². The summed E-state index contributed by atoms with van der Waals surface area (Å²) < 4.78 is 0. The third kappa shape index (κ3) is 5.53. The van der Waals surface area contributed by atoms with Crippen molar-refractivity contribution in [3.05, 3.63) is 0 Å². The first-order chi connectivity index (χ1) is 6.61. The Balaban J connectivity index is 3.65. The molecule has 0 aromatic heterocycles. The van der Waals surface area contributed by atoms with Crippen molar-refractivity contribution < 1.29 is 9.59 Å². The largest absolute Gasteiger partial charge is 0.357 e. The van der Waals surface area contributed by atoms with Crippen LogP contribution in [0.25, 0.3) is 0 Å². The Hall–Kier alpha value is -1.10. The van der Waals surface area contributed by atoms with E-state index in [0.29, 0.717) is 13.0 Å². The molecule has 2 amide bonds. The summed E-state index contributed by atoms with van der Waals surface area (Å²) in [7, 11) is 1.55. The normalized spacial score (nSPS) is 11.9. The molecule has 0 aliphatic carbocycles. The lowest BCUT2D eigenvalue weighted by Crippen LogP contribution is -2.44. The summed E-state index contributed by atoms with van der Waals surface area (Å²) >= 11 is 0. The van der Waals surface area contributed by atoms with Gasteiger partial charge in [-0.3, -0.25) is 9.59 Å². The highest BCUT2D eigenvalue weighted by molar-refractivity contribution is 5.87.